The molecule has 0 heterocycles. The second-order valence-corrected chi connectivity index (χ2v) is 6.30. The SMILES string of the molecule is CC(C)(C)OC(=O)NCCCNc1ccc(N)cc1Br. The van der Waals surface area contributed by atoms with E-state index in [1.165, 1.54) is 0 Å². The fourth-order valence-electron chi connectivity index (χ4n) is 1.49. The molecule has 4 N–H and O–H groups in total. The Bertz CT molecular complexity index is 458. The molecule has 0 fully saturated rings. The van der Waals surface area contributed by atoms with Crippen molar-refractivity contribution in [1.29, 1.82) is 0 Å². The molecule has 1 aromatic rings. The van der Waals surface area contributed by atoms with Crippen LogP contribution in [0.1, 0.15) is 27.2 Å². The van der Waals surface area contributed by atoms with Crippen LogP contribution in [-0.2, 0) is 4.74 Å². The molecule has 0 aliphatic carbocycles. The smallest absolute Gasteiger partial charge is 0.407 e. The van der Waals surface area contributed by atoms with E-state index in [2.05, 4.69) is 26.6 Å². The largest absolute Gasteiger partial charge is 0.444 e. The fourth-order valence-corrected chi connectivity index (χ4v) is 2.03. The second-order valence-electron chi connectivity index (χ2n) is 5.45. The van der Waals surface area contributed by atoms with Crippen LogP contribution in [0.25, 0.3) is 0 Å². The molecule has 20 heavy (non-hydrogen) atoms. The van der Waals surface area contributed by atoms with Crippen LogP contribution in [0.15, 0.2) is 22.7 Å². The minimum atomic E-state index is -0.461. The number of carbonyl (C=O) groups is 1. The summed E-state index contributed by atoms with van der Waals surface area (Å²) in [6.07, 6.45) is 0.418. The van der Waals surface area contributed by atoms with E-state index >= 15 is 0 Å². The number of anilines is 2. The number of rotatable bonds is 5. The van der Waals surface area contributed by atoms with Crippen LogP contribution in [0, 0.1) is 0 Å². The Morgan fingerprint density at radius 1 is 1.35 bits per heavy atom. The Morgan fingerprint density at radius 2 is 2.05 bits per heavy atom. The molecule has 1 amide bonds. The zero-order valence-electron chi connectivity index (χ0n) is 12.1. The maximum absolute atomic E-state index is 11.4. The van der Waals surface area contributed by atoms with Crippen LogP contribution in [-0.4, -0.2) is 24.8 Å². The molecule has 0 radical (unpaired) electrons. The van der Waals surface area contributed by atoms with Crippen LogP contribution < -0.4 is 16.4 Å². The van der Waals surface area contributed by atoms with Crippen LogP contribution in [0.4, 0.5) is 16.2 Å². The first-order valence-electron chi connectivity index (χ1n) is 6.54. The van der Waals surface area contributed by atoms with Gasteiger partial charge in [-0.25, -0.2) is 4.79 Å². The highest BCUT2D eigenvalue weighted by Gasteiger charge is 2.15. The van der Waals surface area contributed by atoms with E-state index in [1.54, 1.807) is 0 Å². The quantitative estimate of drug-likeness (QED) is 0.565. The van der Waals surface area contributed by atoms with E-state index in [4.69, 9.17) is 10.5 Å². The lowest BCUT2D eigenvalue weighted by molar-refractivity contribution is 0.0528. The van der Waals surface area contributed by atoms with E-state index in [1.807, 2.05) is 39.0 Å². The Morgan fingerprint density at radius 3 is 2.65 bits per heavy atom. The highest BCUT2D eigenvalue weighted by molar-refractivity contribution is 9.10. The number of halogens is 1. The van der Waals surface area contributed by atoms with Gasteiger partial charge in [0, 0.05) is 28.9 Å². The first-order valence-corrected chi connectivity index (χ1v) is 7.33. The van der Waals surface area contributed by atoms with E-state index in [0.717, 1.165) is 23.1 Å². The van der Waals surface area contributed by atoms with Gasteiger partial charge in [-0.2, -0.15) is 0 Å². The third-order valence-electron chi connectivity index (χ3n) is 2.33. The van der Waals surface area contributed by atoms with E-state index < -0.39 is 5.60 Å². The molecule has 0 aromatic heterocycles. The first-order chi connectivity index (χ1) is 9.28. The Balaban J connectivity index is 2.21. The van der Waals surface area contributed by atoms with Crippen LogP contribution in [0.3, 0.4) is 0 Å². The normalized spacial score (nSPS) is 11.0. The molecule has 0 bridgehead atoms. The van der Waals surface area contributed by atoms with Crippen molar-refractivity contribution in [3.8, 4) is 0 Å². The number of ether oxygens (including phenoxy) is 1. The summed E-state index contributed by atoms with van der Waals surface area (Å²) < 4.78 is 6.07. The zero-order chi connectivity index (χ0) is 15.2. The summed E-state index contributed by atoms with van der Waals surface area (Å²) in [4.78, 5) is 11.4. The van der Waals surface area contributed by atoms with Crippen molar-refractivity contribution in [2.24, 2.45) is 0 Å². The lowest BCUT2D eigenvalue weighted by Crippen LogP contribution is -2.33. The summed E-state index contributed by atoms with van der Waals surface area (Å²) in [6, 6.07) is 5.61. The lowest BCUT2D eigenvalue weighted by Gasteiger charge is -2.19. The molecule has 1 aromatic carbocycles. The number of hydrogen-bond donors (Lipinski definition) is 3. The van der Waals surface area contributed by atoms with Gasteiger partial charge in [0.15, 0.2) is 0 Å². The molecule has 0 unspecified atom stereocenters. The van der Waals surface area contributed by atoms with Gasteiger partial charge >= 0.3 is 6.09 Å². The summed E-state index contributed by atoms with van der Waals surface area (Å²) >= 11 is 3.44. The van der Waals surface area contributed by atoms with E-state index in [9.17, 15) is 4.79 Å². The number of nitrogens with one attached hydrogen (secondary N) is 2. The summed E-state index contributed by atoms with van der Waals surface area (Å²) in [5, 5.41) is 5.98. The van der Waals surface area contributed by atoms with Crippen molar-refractivity contribution < 1.29 is 9.53 Å². The van der Waals surface area contributed by atoms with Crippen molar-refractivity contribution in [1.82, 2.24) is 5.32 Å². The topological polar surface area (TPSA) is 76.4 Å². The second kappa shape index (κ2) is 7.38. The third kappa shape index (κ3) is 6.65. The van der Waals surface area contributed by atoms with Gasteiger partial charge in [-0.3, -0.25) is 0 Å². The molecule has 0 spiro atoms. The standard InChI is InChI=1S/C14H22BrN3O2/c1-14(2,3)20-13(19)18-8-4-7-17-12-6-5-10(16)9-11(12)15/h5-6,9,17H,4,7-8,16H2,1-3H3,(H,18,19). The number of nitrogen functional groups attached to an aromatic ring is 1. The molecular weight excluding hydrogens is 322 g/mol. The average Bonchev–Trinajstić information content (AvgIpc) is 2.28. The molecule has 6 heteroatoms. The first kappa shape index (κ1) is 16.6. The Hall–Kier alpha value is -1.43. The highest BCUT2D eigenvalue weighted by Crippen LogP contribution is 2.24. The predicted molar refractivity (Wildman–Crippen MR) is 85.9 cm³/mol. The summed E-state index contributed by atoms with van der Waals surface area (Å²) in [5.41, 5.74) is 6.91. The fraction of sp³-hybridized carbons (Fsp3) is 0.500. The van der Waals surface area contributed by atoms with Gasteiger partial charge in [0.25, 0.3) is 0 Å². The average molecular weight is 344 g/mol. The number of carbonyl (C=O) groups excluding carboxylic acids is 1. The van der Waals surface area contributed by atoms with Gasteiger partial charge in [-0.1, -0.05) is 0 Å². The monoisotopic (exact) mass is 343 g/mol. The lowest BCUT2D eigenvalue weighted by atomic mass is 10.2. The van der Waals surface area contributed by atoms with Crippen LogP contribution >= 0.6 is 15.9 Å². The van der Waals surface area contributed by atoms with Crippen LogP contribution in [0.2, 0.25) is 0 Å². The van der Waals surface area contributed by atoms with Crippen molar-refractivity contribution >= 4 is 33.4 Å². The zero-order valence-corrected chi connectivity index (χ0v) is 13.7. The maximum Gasteiger partial charge on any atom is 0.407 e. The molecule has 0 atom stereocenters. The molecule has 5 nitrogen and oxygen atoms in total. The summed E-state index contributed by atoms with van der Waals surface area (Å²) in [6.45, 7) is 6.83. The van der Waals surface area contributed by atoms with E-state index in [-0.39, 0.29) is 6.09 Å². The Kier molecular flexibility index (Phi) is 6.13. The molecule has 0 aliphatic heterocycles. The van der Waals surface area contributed by atoms with Crippen molar-refractivity contribution in [3.63, 3.8) is 0 Å². The van der Waals surface area contributed by atoms with Gasteiger partial charge in [0.05, 0.1) is 0 Å². The van der Waals surface area contributed by atoms with Gasteiger partial charge in [0.1, 0.15) is 5.60 Å². The number of benzene rings is 1. The van der Waals surface area contributed by atoms with Crippen molar-refractivity contribution in [2.75, 3.05) is 24.1 Å². The molecule has 0 aliphatic rings. The molecule has 112 valence electrons. The molecule has 0 saturated heterocycles. The molecule has 0 saturated carbocycles. The minimum absolute atomic E-state index is 0.383. The number of amides is 1. The van der Waals surface area contributed by atoms with Gasteiger partial charge < -0.3 is 21.1 Å². The number of nitrogens with two attached hydrogens (primary N) is 1. The molecular formula is C14H22BrN3O2. The summed E-state index contributed by atoms with van der Waals surface area (Å²) in [7, 11) is 0. The van der Waals surface area contributed by atoms with Gasteiger partial charge in [-0.15, -0.1) is 0 Å². The Labute approximate surface area is 128 Å². The van der Waals surface area contributed by atoms with Gasteiger partial charge in [0.2, 0.25) is 0 Å². The third-order valence-corrected chi connectivity index (χ3v) is 2.99. The van der Waals surface area contributed by atoms with Crippen molar-refractivity contribution in [3.05, 3.63) is 22.7 Å². The van der Waals surface area contributed by atoms with Crippen molar-refractivity contribution in [2.45, 2.75) is 32.8 Å². The predicted octanol–water partition coefficient (Wildman–Crippen LogP) is 3.36. The van der Waals surface area contributed by atoms with Gasteiger partial charge in [-0.05, 0) is 61.3 Å². The maximum atomic E-state index is 11.4. The molecule has 1 rings (SSSR count). The van der Waals surface area contributed by atoms with E-state index in [0.29, 0.717) is 12.2 Å². The summed E-state index contributed by atoms with van der Waals surface area (Å²) in [5.74, 6) is 0. The number of alkyl carbamates (subject to hydrolysis) is 1. The number of hydrogen-bond acceptors (Lipinski definition) is 4. The highest BCUT2D eigenvalue weighted by atomic mass is 79.9. The van der Waals surface area contributed by atoms with Crippen LogP contribution in [0.5, 0.6) is 0 Å². The minimum Gasteiger partial charge on any atom is -0.444 e.